The minimum atomic E-state index is -0.189. The molecule has 1 amide bonds. The quantitative estimate of drug-likeness (QED) is 0.581. The fourth-order valence-corrected chi connectivity index (χ4v) is 3.41. The average molecular weight is 365 g/mol. The van der Waals surface area contributed by atoms with Crippen LogP contribution in [-0.4, -0.2) is 23.2 Å². The Morgan fingerprint density at radius 1 is 1.19 bits per heavy atom. The van der Waals surface area contributed by atoms with Crippen molar-refractivity contribution in [1.82, 2.24) is 15.5 Å². The van der Waals surface area contributed by atoms with Gasteiger partial charge >= 0.3 is 0 Å². The molecular formula is C19H15N3O3S. The Balaban J connectivity index is 1.43. The molecule has 0 spiro atoms. The van der Waals surface area contributed by atoms with Gasteiger partial charge in [-0.1, -0.05) is 17.3 Å². The molecule has 6 nitrogen and oxygen atoms in total. The smallest absolute Gasteiger partial charge is 0.251 e. The molecule has 2 heterocycles. The fourth-order valence-electron chi connectivity index (χ4n) is 2.49. The SMILES string of the molecule is COc1ccc(C(=O)NCc2cc(-c3nc4ccccc4s3)no2)cc1. The van der Waals surface area contributed by atoms with Crippen molar-refractivity contribution in [2.24, 2.45) is 0 Å². The molecule has 0 bridgehead atoms. The molecule has 26 heavy (non-hydrogen) atoms. The van der Waals surface area contributed by atoms with Crippen LogP contribution in [0.2, 0.25) is 0 Å². The molecule has 2 aromatic heterocycles. The predicted molar refractivity (Wildman–Crippen MR) is 99.3 cm³/mol. The predicted octanol–water partition coefficient (Wildman–Crippen LogP) is 3.89. The Bertz CT molecular complexity index is 1020. The van der Waals surface area contributed by atoms with Crippen LogP contribution >= 0.6 is 11.3 Å². The van der Waals surface area contributed by atoms with Crippen LogP contribution in [0.5, 0.6) is 5.75 Å². The summed E-state index contributed by atoms with van der Waals surface area (Å²) in [5.41, 5.74) is 2.15. The number of carbonyl (C=O) groups is 1. The topological polar surface area (TPSA) is 77.2 Å². The summed E-state index contributed by atoms with van der Waals surface area (Å²) in [5.74, 6) is 1.09. The maximum Gasteiger partial charge on any atom is 0.251 e. The summed E-state index contributed by atoms with van der Waals surface area (Å²) in [4.78, 5) is 16.7. The van der Waals surface area contributed by atoms with Gasteiger partial charge in [0.05, 0.1) is 23.9 Å². The van der Waals surface area contributed by atoms with Crippen molar-refractivity contribution < 1.29 is 14.1 Å². The third kappa shape index (κ3) is 3.29. The van der Waals surface area contributed by atoms with Crippen LogP contribution in [0.15, 0.2) is 59.1 Å². The maximum atomic E-state index is 12.2. The second kappa shape index (κ2) is 6.97. The van der Waals surface area contributed by atoms with Crippen LogP contribution in [0.25, 0.3) is 20.9 Å². The zero-order chi connectivity index (χ0) is 17.9. The lowest BCUT2D eigenvalue weighted by molar-refractivity contribution is 0.0947. The van der Waals surface area contributed by atoms with Crippen molar-refractivity contribution in [1.29, 1.82) is 0 Å². The number of para-hydroxylation sites is 1. The van der Waals surface area contributed by atoms with Crippen LogP contribution in [-0.2, 0) is 6.54 Å². The Morgan fingerprint density at radius 2 is 2.00 bits per heavy atom. The van der Waals surface area contributed by atoms with Gasteiger partial charge in [-0.25, -0.2) is 4.98 Å². The van der Waals surface area contributed by atoms with E-state index >= 15 is 0 Å². The second-order valence-corrected chi connectivity index (χ2v) is 6.61. The van der Waals surface area contributed by atoms with Crippen molar-refractivity contribution in [2.45, 2.75) is 6.54 Å². The first-order valence-corrected chi connectivity index (χ1v) is 8.78. The highest BCUT2D eigenvalue weighted by atomic mass is 32.1. The number of fused-ring (bicyclic) bond motifs is 1. The van der Waals surface area contributed by atoms with Gasteiger partial charge in [0.15, 0.2) is 5.76 Å². The highest BCUT2D eigenvalue weighted by Gasteiger charge is 2.13. The summed E-state index contributed by atoms with van der Waals surface area (Å²) < 4.78 is 11.5. The number of amides is 1. The molecule has 0 aliphatic carbocycles. The van der Waals surface area contributed by atoms with Crippen LogP contribution in [0.4, 0.5) is 0 Å². The molecule has 0 atom stereocenters. The summed E-state index contributed by atoms with van der Waals surface area (Å²) in [6, 6.07) is 16.6. The highest BCUT2D eigenvalue weighted by Crippen LogP contribution is 2.29. The molecule has 1 N–H and O–H groups in total. The zero-order valence-corrected chi connectivity index (χ0v) is 14.7. The van der Waals surface area contributed by atoms with E-state index < -0.39 is 0 Å². The number of ether oxygens (including phenoxy) is 1. The first kappa shape index (κ1) is 16.3. The van der Waals surface area contributed by atoms with Crippen molar-refractivity contribution in [3.05, 3.63) is 65.9 Å². The number of carbonyl (C=O) groups excluding carboxylic acids is 1. The molecule has 4 aromatic rings. The summed E-state index contributed by atoms with van der Waals surface area (Å²) in [5, 5.41) is 7.67. The van der Waals surface area contributed by atoms with Gasteiger partial charge in [0.25, 0.3) is 5.91 Å². The Kier molecular flexibility index (Phi) is 4.37. The number of benzene rings is 2. The average Bonchev–Trinajstić information content (AvgIpc) is 3.32. The molecule has 4 rings (SSSR count). The number of thiazole rings is 1. The maximum absolute atomic E-state index is 12.2. The second-order valence-electron chi connectivity index (χ2n) is 5.58. The molecular weight excluding hydrogens is 350 g/mol. The van der Waals surface area contributed by atoms with Gasteiger partial charge in [-0.05, 0) is 36.4 Å². The van der Waals surface area contributed by atoms with Crippen molar-refractivity contribution in [3.63, 3.8) is 0 Å². The van der Waals surface area contributed by atoms with E-state index in [4.69, 9.17) is 9.26 Å². The van der Waals surface area contributed by atoms with Gasteiger partial charge in [-0.3, -0.25) is 4.79 Å². The summed E-state index contributed by atoms with van der Waals surface area (Å²) >= 11 is 1.56. The van der Waals surface area contributed by atoms with E-state index in [0.29, 0.717) is 22.8 Å². The number of nitrogens with one attached hydrogen (secondary N) is 1. The summed E-state index contributed by atoms with van der Waals surface area (Å²) in [6.45, 7) is 0.253. The molecule has 0 aliphatic rings. The van der Waals surface area contributed by atoms with Gasteiger partial charge in [0.1, 0.15) is 16.5 Å². The van der Waals surface area contributed by atoms with Gasteiger partial charge in [-0.15, -0.1) is 11.3 Å². The normalized spacial score (nSPS) is 10.8. The van der Waals surface area contributed by atoms with Gasteiger partial charge < -0.3 is 14.6 Å². The Hall–Kier alpha value is -3.19. The lowest BCUT2D eigenvalue weighted by atomic mass is 10.2. The van der Waals surface area contributed by atoms with Crippen LogP contribution in [0.3, 0.4) is 0 Å². The van der Waals surface area contributed by atoms with Gasteiger partial charge in [0, 0.05) is 11.6 Å². The third-order valence-electron chi connectivity index (χ3n) is 3.85. The molecule has 0 unspecified atom stereocenters. The molecule has 7 heteroatoms. The number of rotatable bonds is 5. The molecule has 0 radical (unpaired) electrons. The molecule has 130 valence electrons. The zero-order valence-electron chi connectivity index (χ0n) is 13.9. The number of hydrogen-bond donors (Lipinski definition) is 1. The number of methoxy groups -OCH3 is 1. The van der Waals surface area contributed by atoms with E-state index in [1.54, 1.807) is 48.8 Å². The fraction of sp³-hybridized carbons (Fsp3) is 0.105. The summed E-state index contributed by atoms with van der Waals surface area (Å²) in [7, 11) is 1.59. The van der Waals surface area contributed by atoms with Crippen molar-refractivity contribution in [3.8, 4) is 16.5 Å². The Labute approximate surface area is 153 Å². The van der Waals surface area contributed by atoms with E-state index in [9.17, 15) is 4.79 Å². The van der Waals surface area contributed by atoms with E-state index in [1.807, 2.05) is 24.3 Å². The van der Waals surface area contributed by atoms with Crippen molar-refractivity contribution in [2.75, 3.05) is 7.11 Å². The molecule has 0 fully saturated rings. The number of aromatic nitrogens is 2. The lowest BCUT2D eigenvalue weighted by Gasteiger charge is -2.04. The number of hydrogen-bond acceptors (Lipinski definition) is 6. The molecule has 2 aromatic carbocycles. The molecule has 0 saturated heterocycles. The van der Waals surface area contributed by atoms with Crippen LogP contribution in [0.1, 0.15) is 16.1 Å². The first-order valence-electron chi connectivity index (χ1n) is 7.97. The minimum Gasteiger partial charge on any atom is -0.497 e. The third-order valence-corrected chi connectivity index (χ3v) is 4.91. The van der Waals surface area contributed by atoms with E-state index in [1.165, 1.54) is 0 Å². The van der Waals surface area contributed by atoms with E-state index in [-0.39, 0.29) is 12.5 Å². The van der Waals surface area contributed by atoms with Gasteiger partial charge in [0.2, 0.25) is 0 Å². The monoisotopic (exact) mass is 365 g/mol. The largest absolute Gasteiger partial charge is 0.497 e. The van der Waals surface area contributed by atoms with E-state index in [2.05, 4.69) is 15.5 Å². The van der Waals surface area contributed by atoms with Gasteiger partial charge in [-0.2, -0.15) is 0 Å². The number of nitrogens with zero attached hydrogens (tertiary/aromatic N) is 2. The highest BCUT2D eigenvalue weighted by molar-refractivity contribution is 7.21. The summed E-state index contributed by atoms with van der Waals surface area (Å²) in [6.07, 6.45) is 0. The van der Waals surface area contributed by atoms with Crippen LogP contribution in [0, 0.1) is 0 Å². The minimum absolute atomic E-state index is 0.189. The lowest BCUT2D eigenvalue weighted by Crippen LogP contribution is -2.22. The first-order chi connectivity index (χ1) is 12.7. The standard InChI is InChI=1S/C19H15N3O3S/c1-24-13-8-6-12(7-9-13)18(23)20-11-14-10-16(22-25-14)19-21-15-4-2-3-5-17(15)26-19/h2-10H,11H2,1H3,(H,20,23). The Morgan fingerprint density at radius 3 is 2.77 bits per heavy atom. The van der Waals surface area contributed by atoms with Crippen molar-refractivity contribution >= 4 is 27.5 Å². The van der Waals surface area contributed by atoms with E-state index in [0.717, 1.165) is 15.2 Å². The van der Waals surface area contributed by atoms with Crippen LogP contribution < -0.4 is 10.1 Å². The molecule has 0 saturated carbocycles. The molecule has 0 aliphatic heterocycles.